The molecule has 33 heavy (non-hydrogen) atoms. The molecule has 0 saturated carbocycles. The van der Waals surface area contributed by atoms with Crippen LogP contribution in [-0.4, -0.2) is 57.4 Å². The van der Waals surface area contributed by atoms with E-state index in [2.05, 4.69) is 10.3 Å². The molecule has 3 aromatic rings. The highest BCUT2D eigenvalue weighted by Crippen LogP contribution is 2.43. The van der Waals surface area contributed by atoms with Crippen molar-refractivity contribution in [2.75, 3.05) is 5.75 Å². The maximum atomic E-state index is 13.7. The van der Waals surface area contributed by atoms with Crippen molar-refractivity contribution in [1.29, 1.82) is 0 Å². The van der Waals surface area contributed by atoms with Crippen molar-refractivity contribution in [2.24, 2.45) is 0 Å². The number of nitrogens with zero attached hydrogens (tertiary/aromatic N) is 4. The van der Waals surface area contributed by atoms with E-state index >= 15 is 0 Å². The van der Waals surface area contributed by atoms with E-state index in [0.29, 0.717) is 0 Å². The number of amides is 1. The molecule has 3 atom stereocenters. The van der Waals surface area contributed by atoms with Crippen LogP contribution in [0, 0.1) is 0 Å². The standard InChI is InChI=1S/C23H22N4O5S/c1-23(26-13-12-24-25-26)15-33(30,31)19-14-18(28)27(19)21(23)22(29)32-20(16-8-4-2-5-9-16)17-10-6-3-7-11-17/h2-13,19-21H,14-15H2,1H3/t19-,21+,23-/m1/s1. The number of carbonyl (C=O) groups excluding carboxylic acids is 2. The number of sulfone groups is 1. The summed E-state index contributed by atoms with van der Waals surface area (Å²) in [6.07, 6.45) is 2.03. The molecule has 2 saturated heterocycles. The lowest BCUT2D eigenvalue weighted by atomic mass is 9.89. The van der Waals surface area contributed by atoms with Crippen molar-refractivity contribution in [1.82, 2.24) is 19.9 Å². The number of benzene rings is 2. The Morgan fingerprint density at radius 2 is 1.70 bits per heavy atom. The van der Waals surface area contributed by atoms with E-state index in [1.165, 1.54) is 17.1 Å². The minimum absolute atomic E-state index is 0.139. The summed E-state index contributed by atoms with van der Waals surface area (Å²) in [4.78, 5) is 27.4. The Labute approximate surface area is 190 Å². The van der Waals surface area contributed by atoms with Crippen LogP contribution in [0.5, 0.6) is 0 Å². The minimum Gasteiger partial charge on any atom is -0.451 e. The summed E-state index contributed by atoms with van der Waals surface area (Å²) >= 11 is 0. The maximum Gasteiger partial charge on any atom is 0.332 e. The van der Waals surface area contributed by atoms with Gasteiger partial charge in [-0.15, -0.1) is 5.10 Å². The Morgan fingerprint density at radius 1 is 1.09 bits per heavy atom. The fourth-order valence-electron chi connectivity index (χ4n) is 4.70. The van der Waals surface area contributed by atoms with Gasteiger partial charge in [0.25, 0.3) is 0 Å². The van der Waals surface area contributed by atoms with E-state index in [4.69, 9.17) is 4.74 Å². The Morgan fingerprint density at radius 3 is 2.21 bits per heavy atom. The van der Waals surface area contributed by atoms with E-state index < -0.39 is 44.8 Å². The highest BCUT2D eigenvalue weighted by Gasteiger charge is 2.64. The van der Waals surface area contributed by atoms with E-state index in [0.717, 1.165) is 16.0 Å². The first-order valence-electron chi connectivity index (χ1n) is 10.5. The summed E-state index contributed by atoms with van der Waals surface area (Å²) in [5, 5.41) is 6.72. The Bertz CT molecular complexity index is 1240. The van der Waals surface area contributed by atoms with Gasteiger partial charge in [-0.1, -0.05) is 65.9 Å². The molecular weight excluding hydrogens is 444 g/mol. The van der Waals surface area contributed by atoms with E-state index in [1.807, 2.05) is 60.7 Å². The molecule has 1 aromatic heterocycles. The fourth-order valence-corrected chi connectivity index (χ4v) is 6.98. The summed E-state index contributed by atoms with van der Waals surface area (Å²) in [5.41, 5.74) is 0.139. The molecule has 10 heteroatoms. The van der Waals surface area contributed by atoms with Gasteiger partial charge in [0.1, 0.15) is 10.9 Å². The first-order chi connectivity index (χ1) is 15.8. The van der Waals surface area contributed by atoms with E-state index in [9.17, 15) is 18.0 Å². The monoisotopic (exact) mass is 466 g/mol. The van der Waals surface area contributed by atoms with Gasteiger partial charge in [-0.2, -0.15) is 0 Å². The second kappa shape index (κ2) is 7.80. The number of esters is 1. The molecule has 2 aliphatic heterocycles. The lowest BCUT2D eigenvalue weighted by Crippen LogP contribution is -2.75. The Balaban J connectivity index is 1.57. The molecule has 0 bridgehead atoms. The van der Waals surface area contributed by atoms with Crippen LogP contribution in [0.25, 0.3) is 0 Å². The molecule has 1 amide bonds. The number of rotatable bonds is 5. The highest BCUT2D eigenvalue weighted by molar-refractivity contribution is 7.92. The lowest BCUT2D eigenvalue weighted by Gasteiger charge is -2.54. The second-order valence-corrected chi connectivity index (χ2v) is 10.7. The van der Waals surface area contributed by atoms with Crippen LogP contribution >= 0.6 is 0 Å². The number of hydrogen-bond donors (Lipinski definition) is 0. The largest absolute Gasteiger partial charge is 0.451 e. The molecule has 0 unspecified atom stereocenters. The van der Waals surface area contributed by atoms with Crippen LogP contribution in [0.3, 0.4) is 0 Å². The zero-order chi connectivity index (χ0) is 23.2. The second-order valence-electron chi connectivity index (χ2n) is 8.51. The average Bonchev–Trinajstić information content (AvgIpc) is 3.35. The van der Waals surface area contributed by atoms with E-state index in [1.54, 1.807) is 6.92 Å². The maximum absolute atomic E-state index is 13.7. The summed E-state index contributed by atoms with van der Waals surface area (Å²) < 4.78 is 33.2. The van der Waals surface area contributed by atoms with Crippen molar-refractivity contribution in [2.45, 2.75) is 36.4 Å². The Hall–Kier alpha value is -3.53. The molecule has 0 N–H and O–H groups in total. The number of β-lactam (4-membered cyclic amide) rings is 1. The predicted octanol–water partition coefficient (Wildman–Crippen LogP) is 1.68. The number of carbonyl (C=O) groups is 2. The van der Waals surface area contributed by atoms with E-state index in [-0.39, 0.29) is 12.2 Å². The van der Waals surface area contributed by atoms with Crippen molar-refractivity contribution in [3.8, 4) is 0 Å². The topological polar surface area (TPSA) is 111 Å². The summed E-state index contributed by atoms with van der Waals surface area (Å²) in [6.45, 7) is 1.59. The quantitative estimate of drug-likeness (QED) is 0.415. The third kappa shape index (κ3) is 3.50. The molecule has 170 valence electrons. The average molecular weight is 467 g/mol. The van der Waals surface area contributed by atoms with Gasteiger partial charge in [-0.25, -0.2) is 17.9 Å². The zero-order valence-electron chi connectivity index (χ0n) is 17.8. The molecular formula is C23H22N4O5S. The molecule has 2 fully saturated rings. The van der Waals surface area contributed by atoms with Gasteiger partial charge in [-0.3, -0.25) is 4.79 Å². The van der Waals surface area contributed by atoms with Gasteiger partial charge in [0.15, 0.2) is 22.0 Å². The van der Waals surface area contributed by atoms with Gasteiger partial charge >= 0.3 is 5.97 Å². The van der Waals surface area contributed by atoms with Gasteiger partial charge in [0, 0.05) is 6.20 Å². The molecule has 0 radical (unpaired) electrons. The van der Waals surface area contributed by atoms with Crippen molar-refractivity contribution in [3.05, 3.63) is 84.2 Å². The SMILES string of the molecule is C[C@@]1(n2ccnn2)CS(=O)(=O)[C@@H]2CC(=O)N2[C@H]1C(=O)OC(c1ccccc1)c1ccccc1. The molecule has 9 nitrogen and oxygen atoms in total. The summed E-state index contributed by atoms with van der Waals surface area (Å²) in [7, 11) is -3.68. The summed E-state index contributed by atoms with van der Waals surface area (Å²) in [6, 6.07) is 17.4. The van der Waals surface area contributed by atoms with Gasteiger partial charge < -0.3 is 9.64 Å². The van der Waals surface area contributed by atoms with Gasteiger partial charge in [-0.05, 0) is 18.1 Å². The number of ether oxygens (including phenoxy) is 1. The Kier molecular flexibility index (Phi) is 5.04. The van der Waals surface area contributed by atoms with Crippen LogP contribution in [0.1, 0.15) is 30.6 Å². The third-order valence-electron chi connectivity index (χ3n) is 6.33. The number of hydrogen-bond acceptors (Lipinski definition) is 7. The zero-order valence-corrected chi connectivity index (χ0v) is 18.6. The fraction of sp³-hybridized carbons (Fsp3) is 0.304. The lowest BCUT2D eigenvalue weighted by molar-refractivity contribution is -0.171. The van der Waals surface area contributed by atoms with Crippen LogP contribution in [-0.2, 0) is 29.7 Å². The van der Waals surface area contributed by atoms with Crippen LogP contribution in [0.15, 0.2) is 73.1 Å². The van der Waals surface area contributed by atoms with Crippen molar-refractivity contribution in [3.63, 3.8) is 0 Å². The van der Waals surface area contributed by atoms with Crippen molar-refractivity contribution >= 4 is 21.7 Å². The van der Waals surface area contributed by atoms with Crippen LogP contribution in [0.2, 0.25) is 0 Å². The molecule has 3 heterocycles. The minimum atomic E-state index is -3.68. The number of fused-ring (bicyclic) bond motifs is 1. The first-order valence-corrected chi connectivity index (χ1v) is 12.2. The molecule has 5 rings (SSSR count). The highest BCUT2D eigenvalue weighted by atomic mass is 32.2. The number of aromatic nitrogens is 3. The predicted molar refractivity (Wildman–Crippen MR) is 117 cm³/mol. The van der Waals surface area contributed by atoms with Crippen LogP contribution < -0.4 is 0 Å². The normalized spacial score (nSPS) is 25.9. The van der Waals surface area contributed by atoms with Crippen LogP contribution in [0.4, 0.5) is 0 Å². The van der Waals surface area contributed by atoms with Gasteiger partial charge in [0.2, 0.25) is 5.91 Å². The third-order valence-corrected chi connectivity index (χ3v) is 8.54. The first kappa shape index (κ1) is 21.3. The van der Waals surface area contributed by atoms with Gasteiger partial charge in [0.05, 0.1) is 18.4 Å². The molecule has 0 spiro atoms. The molecule has 2 aliphatic rings. The smallest absolute Gasteiger partial charge is 0.332 e. The molecule has 2 aromatic carbocycles. The summed E-state index contributed by atoms with van der Waals surface area (Å²) in [5.74, 6) is -1.47. The van der Waals surface area contributed by atoms with Crippen molar-refractivity contribution < 1.29 is 22.7 Å². The molecule has 0 aliphatic carbocycles.